The Hall–Kier alpha value is -1.66. The van der Waals surface area contributed by atoms with E-state index < -0.39 is 0 Å². The predicted octanol–water partition coefficient (Wildman–Crippen LogP) is 0.267. The maximum absolute atomic E-state index is 12.7. The number of nitrogens with one attached hydrogen (secondary N) is 1. The maximum atomic E-state index is 12.7. The topological polar surface area (TPSA) is 51.7 Å². The number of pyridine rings is 1. The Morgan fingerprint density at radius 1 is 1.27 bits per heavy atom. The molecular weight excluding hydrogens is 278 g/mol. The van der Waals surface area contributed by atoms with Gasteiger partial charge in [-0.3, -0.25) is 4.79 Å². The highest BCUT2D eigenvalue weighted by atomic mass is 16.2. The summed E-state index contributed by atoms with van der Waals surface area (Å²) in [6.45, 7) is 8.59. The van der Waals surface area contributed by atoms with Gasteiger partial charge in [0.15, 0.2) is 0 Å². The van der Waals surface area contributed by atoms with Crippen LogP contribution in [0.15, 0.2) is 18.3 Å². The third-order valence-corrected chi connectivity index (χ3v) is 4.58. The van der Waals surface area contributed by atoms with Gasteiger partial charge in [-0.1, -0.05) is 0 Å². The number of piperazine rings is 2. The molecule has 0 aliphatic carbocycles. The van der Waals surface area contributed by atoms with Crippen LogP contribution in [0.1, 0.15) is 17.3 Å². The Morgan fingerprint density at radius 3 is 2.77 bits per heavy atom. The molecule has 2 saturated heterocycles. The first-order valence-electron chi connectivity index (χ1n) is 8.06. The van der Waals surface area contributed by atoms with Crippen molar-refractivity contribution in [3.63, 3.8) is 0 Å². The molecule has 0 unspecified atom stereocenters. The van der Waals surface area contributed by atoms with Crippen molar-refractivity contribution >= 4 is 11.7 Å². The molecule has 0 spiro atoms. The lowest BCUT2D eigenvalue weighted by Crippen LogP contribution is -2.52. The quantitative estimate of drug-likeness (QED) is 0.850. The van der Waals surface area contributed by atoms with Gasteiger partial charge < -0.3 is 20.0 Å². The molecule has 1 aromatic rings. The molecular formula is C16H25N5O. The van der Waals surface area contributed by atoms with Crippen LogP contribution < -0.4 is 10.2 Å². The van der Waals surface area contributed by atoms with Gasteiger partial charge in [-0.05, 0) is 26.1 Å². The van der Waals surface area contributed by atoms with Crippen molar-refractivity contribution in [3.05, 3.63) is 23.9 Å². The number of carbonyl (C=O) groups is 1. The van der Waals surface area contributed by atoms with E-state index in [1.54, 1.807) is 6.20 Å². The van der Waals surface area contributed by atoms with Crippen LogP contribution in [0.5, 0.6) is 0 Å². The van der Waals surface area contributed by atoms with Gasteiger partial charge in [0.2, 0.25) is 0 Å². The van der Waals surface area contributed by atoms with E-state index in [4.69, 9.17) is 0 Å². The predicted molar refractivity (Wildman–Crippen MR) is 87.3 cm³/mol. The fraction of sp³-hybridized carbons (Fsp3) is 0.625. The van der Waals surface area contributed by atoms with E-state index in [9.17, 15) is 4.79 Å². The third-order valence-electron chi connectivity index (χ3n) is 4.58. The van der Waals surface area contributed by atoms with E-state index >= 15 is 0 Å². The highest BCUT2D eigenvalue weighted by Gasteiger charge is 2.25. The highest BCUT2D eigenvalue weighted by molar-refractivity contribution is 5.95. The average Bonchev–Trinajstić information content (AvgIpc) is 2.55. The lowest BCUT2D eigenvalue weighted by Gasteiger charge is -2.35. The number of nitrogens with zero attached hydrogens (tertiary/aromatic N) is 4. The fourth-order valence-corrected chi connectivity index (χ4v) is 3.07. The van der Waals surface area contributed by atoms with Crippen molar-refractivity contribution in [2.24, 2.45) is 0 Å². The molecule has 2 aliphatic heterocycles. The third kappa shape index (κ3) is 3.23. The minimum atomic E-state index is 0.117. The molecule has 1 aromatic heterocycles. The molecule has 0 aromatic carbocycles. The maximum Gasteiger partial charge on any atom is 0.254 e. The van der Waals surface area contributed by atoms with Crippen molar-refractivity contribution in [3.8, 4) is 0 Å². The molecule has 1 amide bonds. The molecule has 1 atom stereocenters. The average molecular weight is 303 g/mol. The normalized spacial score (nSPS) is 23.6. The van der Waals surface area contributed by atoms with Crippen molar-refractivity contribution < 1.29 is 4.79 Å². The summed E-state index contributed by atoms with van der Waals surface area (Å²) in [5.74, 6) is 1.04. The number of hydrogen-bond donors (Lipinski definition) is 1. The number of anilines is 1. The molecule has 22 heavy (non-hydrogen) atoms. The fourth-order valence-electron chi connectivity index (χ4n) is 3.07. The van der Waals surface area contributed by atoms with Crippen LogP contribution in [0.2, 0.25) is 0 Å². The lowest BCUT2D eigenvalue weighted by atomic mass is 10.1. The first-order valence-corrected chi connectivity index (χ1v) is 8.06. The minimum absolute atomic E-state index is 0.117. The van der Waals surface area contributed by atoms with Gasteiger partial charge in [0.25, 0.3) is 5.91 Å². The van der Waals surface area contributed by atoms with Crippen LogP contribution in [0.3, 0.4) is 0 Å². The van der Waals surface area contributed by atoms with Crippen molar-refractivity contribution in [2.45, 2.75) is 13.0 Å². The molecule has 0 radical (unpaired) electrons. The highest BCUT2D eigenvalue weighted by Crippen LogP contribution is 2.17. The molecule has 6 nitrogen and oxygen atoms in total. The molecule has 1 N–H and O–H groups in total. The van der Waals surface area contributed by atoms with E-state index in [1.165, 1.54) is 0 Å². The SMILES string of the molecule is C[C@H]1CNCCN1C(=O)c1ccnc(N2CCN(C)CC2)c1. The van der Waals surface area contributed by atoms with E-state index in [0.29, 0.717) is 0 Å². The number of carbonyl (C=O) groups excluding carboxylic acids is 1. The molecule has 3 rings (SSSR count). The van der Waals surface area contributed by atoms with Crippen molar-refractivity contribution in [2.75, 3.05) is 57.8 Å². The number of likely N-dealkylation sites (N-methyl/N-ethyl adjacent to an activating group) is 1. The van der Waals surface area contributed by atoms with E-state index in [0.717, 1.165) is 57.2 Å². The second kappa shape index (κ2) is 6.62. The molecule has 0 saturated carbocycles. The Morgan fingerprint density at radius 2 is 2.05 bits per heavy atom. The molecule has 2 fully saturated rings. The summed E-state index contributed by atoms with van der Waals surface area (Å²) in [5, 5.41) is 3.32. The van der Waals surface area contributed by atoms with Crippen LogP contribution in [0.4, 0.5) is 5.82 Å². The van der Waals surface area contributed by atoms with Gasteiger partial charge in [0.1, 0.15) is 5.82 Å². The molecule has 3 heterocycles. The zero-order valence-electron chi connectivity index (χ0n) is 13.5. The Bertz CT molecular complexity index is 527. The van der Waals surface area contributed by atoms with E-state index in [2.05, 4.69) is 34.1 Å². The second-order valence-electron chi connectivity index (χ2n) is 6.24. The number of aromatic nitrogens is 1. The molecule has 6 heteroatoms. The van der Waals surface area contributed by atoms with Crippen LogP contribution in [-0.2, 0) is 0 Å². The summed E-state index contributed by atoms with van der Waals surface area (Å²) >= 11 is 0. The van der Waals surface area contributed by atoms with Crippen LogP contribution in [0.25, 0.3) is 0 Å². The van der Waals surface area contributed by atoms with Crippen molar-refractivity contribution in [1.82, 2.24) is 20.1 Å². The Kier molecular flexibility index (Phi) is 4.59. The van der Waals surface area contributed by atoms with Gasteiger partial charge in [0, 0.05) is 63.6 Å². The minimum Gasteiger partial charge on any atom is -0.354 e. The standard InChI is InChI=1S/C16H25N5O/c1-13-12-17-5-6-21(13)16(22)14-3-4-18-15(11-14)20-9-7-19(2)8-10-20/h3-4,11,13,17H,5-10,12H2,1-2H3/t13-/m0/s1. The Balaban J connectivity index is 1.74. The smallest absolute Gasteiger partial charge is 0.254 e. The monoisotopic (exact) mass is 303 g/mol. The largest absolute Gasteiger partial charge is 0.354 e. The summed E-state index contributed by atoms with van der Waals surface area (Å²) in [7, 11) is 2.14. The Labute approximate surface area is 132 Å². The zero-order chi connectivity index (χ0) is 15.5. The van der Waals surface area contributed by atoms with E-state index in [1.807, 2.05) is 17.0 Å². The molecule has 120 valence electrons. The van der Waals surface area contributed by atoms with Crippen LogP contribution >= 0.6 is 0 Å². The summed E-state index contributed by atoms with van der Waals surface area (Å²) < 4.78 is 0. The van der Waals surface area contributed by atoms with Gasteiger partial charge in [-0.2, -0.15) is 0 Å². The van der Waals surface area contributed by atoms with Crippen LogP contribution in [-0.4, -0.2) is 79.6 Å². The van der Waals surface area contributed by atoms with E-state index in [-0.39, 0.29) is 11.9 Å². The number of rotatable bonds is 2. The first kappa shape index (κ1) is 15.2. The second-order valence-corrected chi connectivity index (χ2v) is 6.24. The summed E-state index contributed by atoms with van der Waals surface area (Å²) in [5.41, 5.74) is 0.748. The summed E-state index contributed by atoms with van der Waals surface area (Å²) in [6.07, 6.45) is 1.76. The first-order chi connectivity index (χ1) is 10.6. The number of amides is 1. The van der Waals surface area contributed by atoms with Gasteiger partial charge in [0.05, 0.1) is 0 Å². The number of hydrogen-bond acceptors (Lipinski definition) is 5. The van der Waals surface area contributed by atoms with Gasteiger partial charge in [-0.25, -0.2) is 4.98 Å². The molecule has 2 aliphatic rings. The van der Waals surface area contributed by atoms with Gasteiger partial charge in [-0.15, -0.1) is 0 Å². The summed E-state index contributed by atoms with van der Waals surface area (Å²) in [6, 6.07) is 4.01. The molecule has 0 bridgehead atoms. The summed E-state index contributed by atoms with van der Waals surface area (Å²) in [4.78, 5) is 23.7. The van der Waals surface area contributed by atoms with Crippen molar-refractivity contribution in [1.29, 1.82) is 0 Å². The van der Waals surface area contributed by atoms with Crippen LogP contribution in [0, 0.1) is 0 Å². The van der Waals surface area contributed by atoms with Gasteiger partial charge >= 0.3 is 0 Å². The lowest BCUT2D eigenvalue weighted by molar-refractivity contribution is 0.0655. The zero-order valence-corrected chi connectivity index (χ0v) is 13.5.